The Balaban J connectivity index is 2.06. The van der Waals surface area contributed by atoms with Crippen molar-refractivity contribution >= 4 is 17.8 Å². The number of carbonyl (C=O) groups excluding carboxylic acids is 3. The molecule has 1 atom stereocenters. The Morgan fingerprint density at radius 2 is 2.07 bits per heavy atom. The first-order valence-corrected chi connectivity index (χ1v) is 10.4. The van der Waals surface area contributed by atoms with E-state index in [-0.39, 0.29) is 18.2 Å². The maximum Gasteiger partial charge on any atom is 0.308 e. The lowest BCUT2D eigenvalue weighted by Gasteiger charge is -2.34. The van der Waals surface area contributed by atoms with Gasteiger partial charge in [-0.2, -0.15) is 0 Å². The van der Waals surface area contributed by atoms with Crippen LogP contribution in [0.25, 0.3) is 0 Å². The van der Waals surface area contributed by atoms with Crippen molar-refractivity contribution in [3.63, 3.8) is 0 Å². The summed E-state index contributed by atoms with van der Waals surface area (Å²) in [5.41, 5.74) is 0.436. The standard InChI is InChI=1S/C22H32N2O5/c1-4-5-12-29-20(25)15-19-21(26)23-10-11-24(19)22(27)17-7-6-8-18(14-17)28-13-9-16(2)3/h6-8,14,16,19H,4-5,9-13,15H2,1-3H3,(H,23,26). The number of amides is 2. The number of unbranched alkanes of at least 4 members (excludes halogenated alkanes) is 1. The van der Waals surface area contributed by atoms with Crippen LogP contribution >= 0.6 is 0 Å². The van der Waals surface area contributed by atoms with Gasteiger partial charge in [-0.05, 0) is 37.0 Å². The number of hydrogen-bond donors (Lipinski definition) is 1. The molecule has 2 amide bonds. The van der Waals surface area contributed by atoms with Crippen LogP contribution in [0.15, 0.2) is 24.3 Å². The molecule has 1 fully saturated rings. The van der Waals surface area contributed by atoms with Gasteiger partial charge < -0.3 is 19.7 Å². The number of nitrogens with zero attached hydrogens (tertiary/aromatic N) is 1. The van der Waals surface area contributed by atoms with Crippen molar-refractivity contribution in [1.29, 1.82) is 0 Å². The molecule has 1 aliphatic rings. The van der Waals surface area contributed by atoms with E-state index in [2.05, 4.69) is 19.2 Å². The summed E-state index contributed by atoms with van der Waals surface area (Å²) in [7, 11) is 0. The van der Waals surface area contributed by atoms with Crippen LogP contribution in [-0.2, 0) is 14.3 Å². The first-order chi connectivity index (χ1) is 13.9. The number of rotatable bonds is 10. The van der Waals surface area contributed by atoms with Crippen molar-refractivity contribution < 1.29 is 23.9 Å². The molecule has 2 rings (SSSR count). The van der Waals surface area contributed by atoms with Gasteiger partial charge in [-0.15, -0.1) is 0 Å². The smallest absolute Gasteiger partial charge is 0.308 e. The van der Waals surface area contributed by atoms with Crippen LogP contribution in [-0.4, -0.2) is 55.0 Å². The van der Waals surface area contributed by atoms with Gasteiger partial charge in [0.15, 0.2) is 0 Å². The fourth-order valence-corrected chi connectivity index (χ4v) is 3.01. The zero-order valence-electron chi connectivity index (χ0n) is 17.6. The summed E-state index contributed by atoms with van der Waals surface area (Å²) in [5.74, 6) is 0.0592. The summed E-state index contributed by atoms with van der Waals surface area (Å²) in [4.78, 5) is 39.0. The average molecular weight is 405 g/mol. The molecule has 7 heteroatoms. The van der Waals surface area contributed by atoms with Gasteiger partial charge in [0.25, 0.3) is 5.91 Å². The van der Waals surface area contributed by atoms with E-state index >= 15 is 0 Å². The van der Waals surface area contributed by atoms with Gasteiger partial charge in [0.05, 0.1) is 19.6 Å². The van der Waals surface area contributed by atoms with E-state index < -0.39 is 12.0 Å². The largest absolute Gasteiger partial charge is 0.494 e. The Bertz CT molecular complexity index is 704. The summed E-state index contributed by atoms with van der Waals surface area (Å²) in [6.45, 7) is 7.85. The number of esters is 1. The number of ether oxygens (including phenoxy) is 2. The fraction of sp³-hybridized carbons (Fsp3) is 0.591. The highest BCUT2D eigenvalue weighted by Gasteiger charge is 2.35. The minimum absolute atomic E-state index is 0.147. The average Bonchev–Trinajstić information content (AvgIpc) is 2.69. The predicted octanol–water partition coefficient (Wildman–Crippen LogP) is 2.79. The molecule has 1 N–H and O–H groups in total. The third-order valence-corrected chi connectivity index (χ3v) is 4.76. The lowest BCUT2D eigenvalue weighted by atomic mass is 10.1. The van der Waals surface area contributed by atoms with Crippen LogP contribution in [0.2, 0.25) is 0 Å². The second kappa shape index (κ2) is 11.4. The van der Waals surface area contributed by atoms with Gasteiger partial charge in [-0.3, -0.25) is 14.4 Å². The number of carbonyl (C=O) groups is 3. The maximum atomic E-state index is 13.1. The van der Waals surface area contributed by atoms with Crippen molar-refractivity contribution in [3.05, 3.63) is 29.8 Å². The van der Waals surface area contributed by atoms with Gasteiger partial charge in [0, 0.05) is 18.7 Å². The zero-order chi connectivity index (χ0) is 21.2. The number of nitrogens with one attached hydrogen (secondary N) is 1. The highest BCUT2D eigenvalue weighted by Crippen LogP contribution is 2.19. The monoisotopic (exact) mass is 404 g/mol. The van der Waals surface area contributed by atoms with E-state index in [1.54, 1.807) is 18.2 Å². The SMILES string of the molecule is CCCCOC(=O)CC1C(=O)NCCN1C(=O)c1cccc(OCCC(C)C)c1. The van der Waals surface area contributed by atoms with E-state index in [0.29, 0.717) is 43.5 Å². The molecule has 1 saturated heterocycles. The molecular weight excluding hydrogens is 372 g/mol. The topological polar surface area (TPSA) is 84.9 Å². The third-order valence-electron chi connectivity index (χ3n) is 4.76. The summed E-state index contributed by atoms with van der Waals surface area (Å²) in [5, 5.41) is 2.73. The van der Waals surface area contributed by atoms with Crippen LogP contribution in [0.5, 0.6) is 5.75 Å². The van der Waals surface area contributed by atoms with E-state index in [1.807, 2.05) is 13.0 Å². The Morgan fingerprint density at radius 1 is 1.28 bits per heavy atom. The third kappa shape index (κ3) is 7.07. The minimum Gasteiger partial charge on any atom is -0.494 e. The van der Waals surface area contributed by atoms with Crippen LogP contribution in [0.4, 0.5) is 0 Å². The van der Waals surface area contributed by atoms with Crippen molar-refractivity contribution in [1.82, 2.24) is 10.2 Å². The summed E-state index contributed by atoms with van der Waals surface area (Å²) in [6.07, 6.45) is 2.46. The van der Waals surface area contributed by atoms with Gasteiger partial charge in [0.2, 0.25) is 5.91 Å². The molecule has 1 aromatic rings. The Kier molecular flexibility index (Phi) is 8.96. The molecule has 160 valence electrons. The lowest BCUT2D eigenvalue weighted by Crippen LogP contribution is -2.57. The molecule has 7 nitrogen and oxygen atoms in total. The number of piperazine rings is 1. The van der Waals surface area contributed by atoms with Crippen molar-refractivity contribution in [2.45, 2.75) is 52.5 Å². The molecule has 29 heavy (non-hydrogen) atoms. The molecule has 1 unspecified atom stereocenters. The molecule has 0 saturated carbocycles. The summed E-state index contributed by atoms with van der Waals surface area (Å²) >= 11 is 0. The summed E-state index contributed by atoms with van der Waals surface area (Å²) < 4.78 is 10.9. The van der Waals surface area contributed by atoms with Gasteiger partial charge in [-0.25, -0.2) is 0 Å². The highest BCUT2D eigenvalue weighted by atomic mass is 16.5. The molecule has 1 aromatic carbocycles. The van der Waals surface area contributed by atoms with E-state index in [1.165, 1.54) is 4.90 Å². The van der Waals surface area contributed by atoms with Crippen LogP contribution < -0.4 is 10.1 Å². The Morgan fingerprint density at radius 3 is 2.79 bits per heavy atom. The van der Waals surface area contributed by atoms with Crippen LogP contribution in [0, 0.1) is 5.92 Å². The normalized spacial score (nSPS) is 16.5. The molecule has 0 aromatic heterocycles. The maximum absolute atomic E-state index is 13.1. The quantitative estimate of drug-likeness (QED) is 0.479. The van der Waals surface area contributed by atoms with Gasteiger partial charge in [-0.1, -0.05) is 33.3 Å². The molecule has 0 spiro atoms. The number of hydrogen-bond acceptors (Lipinski definition) is 5. The zero-order valence-corrected chi connectivity index (χ0v) is 17.6. The first-order valence-electron chi connectivity index (χ1n) is 10.4. The molecule has 0 aliphatic carbocycles. The van der Waals surface area contributed by atoms with E-state index in [0.717, 1.165) is 19.3 Å². The van der Waals surface area contributed by atoms with Crippen molar-refractivity contribution in [2.24, 2.45) is 5.92 Å². The minimum atomic E-state index is -0.865. The van der Waals surface area contributed by atoms with Crippen LogP contribution in [0.3, 0.4) is 0 Å². The second-order valence-corrected chi connectivity index (χ2v) is 7.64. The number of benzene rings is 1. The summed E-state index contributed by atoms with van der Waals surface area (Å²) in [6, 6.07) is 6.08. The van der Waals surface area contributed by atoms with Crippen molar-refractivity contribution in [2.75, 3.05) is 26.3 Å². The second-order valence-electron chi connectivity index (χ2n) is 7.64. The van der Waals surface area contributed by atoms with Crippen molar-refractivity contribution in [3.8, 4) is 5.75 Å². The Labute approximate surface area is 172 Å². The van der Waals surface area contributed by atoms with Crippen LogP contribution in [0.1, 0.15) is 56.8 Å². The fourth-order valence-electron chi connectivity index (χ4n) is 3.01. The van der Waals surface area contributed by atoms with E-state index in [4.69, 9.17) is 9.47 Å². The predicted molar refractivity (Wildman–Crippen MR) is 110 cm³/mol. The molecular formula is C22H32N2O5. The molecule has 0 bridgehead atoms. The van der Waals surface area contributed by atoms with E-state index in [9.17, 15) is 14.4 Å². The molecule has 0 radical (unpaired) electrons. The highest BCUT2D eigenvalue weighted by molar-refractivity contribution is 5.99. The lowest BCUT2D eigenvalue weighted by molar-refractivity contribution is -0.147. The molecule has 1 heterocycles. The molecule has 1 aliphatic heterocycles. The van der Waals surface area contributed by atoms with Gasteiger partial charge in [0.1, 0.15) is 11.8 Å². The Hall–Kier alpha value is -2.57. The van der Waals surface area contributed by atoms with Gasteiger partial charge >= 0.3 is 5.97 Å². The first kappa shape index (κ1) is 22.7.